The number of hydrogen-bond acceptors (Lipinski definition) is 5. The van der Waals surface area contributed by atoms with E-state index in [4.69, 9.17) is 4.42 Å². The summed E-state index contributed by atoms with van der Waals surface area (Å²) in [5.74, 6) is 2.26. The van der Waals surface area contributed by atoms with Gasteiger partial charge in [0.05, 0.1) is 12.8 Å². The van der Waals surface area contributed by atoms with Gasteiger partial charge in [-0.25, -0.2) is 4.98 Å². The van der Waals surface area contributed by atoms with Gasteiger partial charge in [0.15, 0.2) is 0 Å². The average Bonchev–Trinajstić information content (AvgIpc) is 2.77. The van der Waals surface area contributed by atoms with Crippen molar-refractivity contribution in [1.29, 1.82) is 0 Å². The predicted octanol–water partition coefficient (Wildman–Crippen LogP) is 2.89. The van der Waals surface area contributed by atoms with Crippen molar-refractivity contribution in [3.8, 4) is 0 Å². The summed E-state index contributed by atoms with van der Waals surface area (Å²) in [5.41, 5.74) is -0.0559. The summed E-state index contributed by atoms with van der Waals surface area (Å²) in [6.07, 6.45) is 3.38. The van der Waals surface area contributed by atoms with E-state index in [1.165, 1.54) is 0 Å². The van der Waals surface area contributed by atoms with Crippen molar-refractivity contribution in [2.24, 2.45) is 0 Å². The normalized spacial score (nSPS) is 11.3. The number of aromatic nitrogens is 2. The highest BCUT2D eigenvalue weighted by molar-refractivity contribution is 5.40. The molecule has 2 heterocycles. The van der Waals surface area contributed by atoms with Crippen LogP contribution in [0.3, 0.4) is 0 Å². The Morgan fingerprint density at radius 2 is 2.11 bits per heavy atom. The van der Waals surface area contributed by atoms with E-state index in [9.17, 15) is 0 Å². The number of hydrogen-bond donors (Lipinski definition) is 2. The molecule has 0 bridgehead atoms. The summed E-state index contributed by atoms with van der Waals surface area (Å²) in [5, 5.41) is 6.42. The summed E-state index contributed by atoms with van der Waals surface area (Å²) in [6, 6.07) is 5.61. The van der Waals surface area contributed by atoms with E-state index in [2.05, 4.69) is 41.4 Å². The Hall–Kier alpha value is -2.04. The lowest BCUT2D eigenvalue weighted by Crippen LogP contribution is -2.27. The highest BCUT2D eigenvalue weighted by atomic mass is 16.3. The van der Waals surface area contributed by atoms with Crippen LogP contribution in [0.4, 0.5) is 11.8 Å². The Labute approximate surface area is 107 Å². The van der Waals surface area contributed by atoms with Crippen LogP contribution in [0.2, 0.25) is 0 Å². The zero-order valence-electron chi connectivity index (χ0n) is 10.9. The van der Waals surface area contributed by atoms with Crippen molar-refractivity contribution in [3.05, 3.63) is 36.4 Å². The Morgan fingerprint density at radius 1 is 1.28 bits per heavy atom. The molecule has 0 unspecified atom stereocenters. The molecular weight excluding hydrogens is 228 g/mol. The van der Waals surface area contributed by atoms with Crippen molar-refractivity contribution in [2.45, 2.75) is 32.9 Å². The molecule has 96 valence electrons. The van der Waals surface area contributed by atoms with Crippen LogP contribution in [-0.2, 0) is 6.54 Å². The van der Waals surface area contributed by atoms with Gasteiger partial charge in [-0.3, -0.25) is 0 Å². The average molecular weight is 246 g/mol. The molecule has 0 fully saturated rings. The zero-order valence-corrected chi connectivity index (χ0v) is 10.9. The van der Waals surface area contributed by atoms with Gasteiger partial charge in [-0.2, -0.15) is 4.98 Å². The fraction of sp³-hybridized carbons (Fsp3) is 0.385. The van der Waals surface area contributed by atoms with E-state index in [1.807, 2.05) is 18.2 Å². The maximum absolute atomic E-state index is 5.24. The lowest BCUT2D eigenvalue weighted by atomic mass is 10.1. The van der Waals surface area contributed by atoms with Gasteiger partial charge in [0, 0.05) is 11.7 Å². The highest BCUT2D eigenvalue weighted by Crippen LogP contribution is 2.12. The van der Waals surface area contributed by atoms with Crippen LogP contribution in [0.5, 0.6) is 0 Å². The molecule has 0 aliphatic carbocycles. The third kappa shape index (κ3) is 3.76. The second-order valence-electron chi connectivity index (χ2n) is 5.07. The molecule has 2 aromatic heterocycles. The first-order valence-corrected chi connectivity index (χ1v) is 5.90. The van der Waals surface area contributed by atoms with Gasteiger partial charge in [0.1, 0.15) is 11.6 Å². The number of anilines is 2. The van der Waals surface area contributed by atoms with Crippen LogP contribution >= 0.6 is 0 Å². The largest absolute Gasteiger partial charge is 0.467 e. The molecule has 0 saturated heterocycles. The van der Waals surface area contributed by atoms with Crippen LogP contribution < -0.4 is 10.6 Å². The fourth-order valence-electron chi connectivity index (χ4n) is 1.44. The maximum atomic E-state index is 5.24. The highest BCUT2D eigenvalue weighted by Gasteiger charge is 2.11. The van der Waals surface area contributed by atoms with Crippen LogP contribution in [0, 0.1) is 0 Å². The molecular formula is C13H18N4O. The first-order chi connectivity index (χ1) is 8.53. The molecule has 0 aromatic carbocycles. The Kier molecular flexibility index (Phi) is 3.50. The topological polar surface area (TPSA) is 63.0 Å². The molecule has 0 saturated carbocycles. The van der Waals surface area contributed by atoms with Gasteiger partial charge in [-0.15, -0.1) is 0 Å². The minimum Gasteiger partial charge on any atom is -0.467 e. The second-order valence-corrected chi connectivity index (χ2v) is 5.07. The van der Waals surface area contributed by atoms with E-state index < -0.39 is 0 Å². The SMILES string of the molecule is CC(C)(C)Nc1nccc(NCc2ccco2)n1. The van der Waals surface area contributed by atoms with Crippen LogP contribution in [-0.4, -0.2) is 15.5 Å². The molecule has 0 radical (unpaired) electrons. The number of nitrogens with zero attached hydrogens (tertiary/aromatic N) is 2. The Morgan fingerprint density at radius 3 is 2.78 bits per heavy atom. The number of furan rings is 1. The van der Waals surface area contributed by atoms with E-state index in [0.717, 1.165) is 11.6 Å². The lowest BCUT2D eigenvalue weighted by molar-refractivity contribution is 0.518. The quantitative estimate of drug-likeness (QED) is 0.868. The second kappa shape index (κ2) is 5.08. The van der Waals surface area contributed by atoms with Crippen molar-refractivity contribution in [3.63, 3.8) is 0 Å². The minimum absolute atomic E-state index is 0.0559. The fourth-order valence-corrected chi connectivity index (χ4v) is 1.44. The van der Waals surface area contributed by atoms with E-state index >= 15 is 0 Å². The molecule has 18 heavy (non-hydrogen) atoms. The van der Waals surface area contributed by atoms with Crippen LogP contribution in [0.15, 0.2) is 35.1 Å². The molecule has 5 nitrogen and oxygen atoms in total. The zero-order chi connectivity index (χ0) is 13.0. The molecule has 2 N–H and O–H groups in total. The van der Waals surface area contributed by atoms with E-state index in [1.54, 1.807) is 12.5 Å². The first-order valence-electron chi connectivity index (χ1n) is 5.90. The summed E-state index contributed by atoms with van der Waals surface area (Å²) in [7, 11) is 0. The van der Waals surface area contributed by atoms with Crippen LogP contribution in [0.25, 0.3) is 0 Å². The molecule has 0 aliphatic rings. The molecule has 0 atom stereocenters. The third-order valence-electron chi connectivity index (χ3n) is 2.17. The van der Waals surface area contributed by atoms with Gasteiger partial charge in [-0.05, 0) is 39.0 Å². The summed E-state index contributed by atoms with van der Waals surface area (Å²) in [6.45, 7) is 6.82. The summed E-state index contributed by atoms with van der Waals surface area (Å²) >= 11 is 0. The van der Waals surface area contributed by atoms with Crippen LogP contribution in [0.1, 0.15) is 26.5 Å². The standard InChI is InChI=1S/C13H18N4O/c1-13(2,3)17-12-14-7-6-11(16-12)15-9-10-5-4-8-18-10/h4-8H,9H2,1-3H3,(H2,14,15,16,17). The summed E-state index contributed by atoms with van der Waals surface area (Å²) in [4.78, 5) is 8.57. The van der Waals surface area contributed by atoms with E-state index in [-0.39, 0.29) is 5.54 Å². The number of rotatable bonds is 4. The minimum atomic E-state index is -0.0559. The van der Waals surface area contributed by atoms with Gasteiger partial charge in [0.2, 0.25) is 5.95 Å². The lowest BCUT2D eigenvalue weighted by Gasteiger charge is -2.20. The van der Waals surface area contributed by atoms with Gasteiger partial charge in [0.25, 0.3) is 0 Å². The van der Waals surface area contributed by atoms with Crippen molar-refractivity contribution in [2.75, 3.05) is 10.6 Å². The maximum Gasteiger partial charge on any atom is 0.224 e. The molecule has 0 spiro atoms. The van der Waals surface area contributed by atoms with E-state index in [0.29, 0.717) is 12.5 Å². The third-order valence-corrected chi connectivity index (χ3v) is 2.17. The van der Waals surface area contributed by atoms with Gasteiger partial charge >= 0.3 is 0 Å². The molecule has 5 heteroatoms. The molecule has 0 aliphatic heterocycles. The molecule has 0 amide bonds. The predicted molar refractivity (Wildman–Crippen MR) is 71.4 cm³/mol. The first kappa shape index (κ1) is 12.4. The van der Waals surface area contributed by atoms with Crippen molar-refractivity contribution >= 4 is 11.8 Å². The monoisotopic (exact) mass is 246 g/mol. The summed E-state index contributed by atoms with van der Waals surface area (Å²) < 4.78 is 5.24. The Bertz CT molecular complexity index is 488. The van der Waals surface area contributed by atoms with Gasteiger partial charge < -0.3 is 15.1 Å². The Balaban J connectivity index is 1.99. The smallest absolute Gasteiger partial charge is 0.224 e. The number of nitrogens with one attached hydrogen (secondary N) is 2. The van der Waals surface area contributed by atoms with Gasteiger partial charge in [-0.1, -0.05) is 0 Å². The van der Waals surface area contributed by atoms with Crippen molar-refractivity contribution < 1.29 is 4.42 Å². The van der Waals surface area contributed by atoms with Crippen molar-refractivity contribution in [1.82, 2.24) is 9.97 Å². The molecule has 2 aromatic rings. The molecule has 2 rings (SSSR count).